The predicted molar refractivity (Wildman–Crippen MR) is 72.5 cm³/mol. The molecule has 0 saturated heterocycles. The molecule has 0 fully saturated rings. The molecule has 1 aromatic heterocycles. The van der Waals surface area contributed by atoms with Crippen molar-refractivity contribution in [3.05, 3.63) is 36.0 Å². The highest BCUT2D eigenvalue weighted by molar-refractivity contribution is 5.84. The van der Waals surface area contributed by atoms with Gasteiger partial charge in [-0.15, -0.1) is 0 Å². The topological polar surface area (TPSA) is 31.2 Å². The number of rotatable bonds is 3. The van der Waals surface area contributed by atoms with Crippen molar-refractivity contribution >= 4 is 16.9 Å². The Labute approximate surface area is 107 Å². The molecule has 2 aromatic rings. The fourth-order valence-corrected chi connectivity index (χ4v) is 2.28. The molecule has 3 heteroatoms. The van der Waals surface area contributed by atoms with E-state index in [1.807, 2.05) is 26.1 Å². The number of ether oxygens (including phenoxy) is 1. The van der Waals surface area contributed by atoms with Gasteiger partial charge in [0.1, 0.15) is 0 Å². The molecule has 0 radical (unpaired) electrons. The van der Waals surface area contributed by atoms with Crippen LogP contribution in [-0.2, 0) is 16.1 Å². The molecule has 18 heavy (non-hydrogen) atoms. The van der Waals surface area contributed by atoms with Gasteiger partial charge in [-0.1, -0.05) is 12.1 Å². The van der Waals surface area contributed by atoms with Crippen LogP contribution in [0.15, 0.2) is 30.5 Å². The summed E-state index contributed by atoms with van der Waals surface area (Å²) >= 11 is 0. The Morgan fingerprint density at radius 3 is 2.72 bits per heavy atom. The zero-order chi connectivity index (χ0) is 13.3. The lowest BCUT2D eigenvalue weighted by molar-refractivity contribution is -0.151. The Bertz CT molecular complexity index is 581. The van der Waals surface area contributed by atoms with Gasteiger partial charge in [0.2, 0.25) is 0 Å². The van der Waals surface area contributed by atoms with E-state index < -0.39 is 5.41 Å². The molecule has 0 N–H and O–H groups in total. The van der Waals surface area contributed by atoms with Gasteiger partial charge in [-0.3, -0.25) is 4.79 Å². The maximum Gasteiger partial charge on any atom is 0.313 e. The average Bonchev–Trinajstić information content (AvgIpc) is 2.72. The molecule has 0 amide bonds. The molecule has 0 aliphatic heterocycles. The van der Waals surface area contributed by atoms with Crippen LogP contribution in [0.1, 0.15) is 19.4 Å². The van der Waals surface area contributed by atoms with E-state index in [9.17, 15) is 4.79 Å². The first-order valence-corrected chi connectivity index (χ1v) is 6.08. The van der Waals surface area contributed by atoms with E-state index in [0.29, 0.717) is 6.54 Å². The van der Waals surface area contributed by atoms with E-state index in [1.165, 1.54) is 18.1 Å². The number of fused-ring (bicyclic) bond motifs is 1. The van der Waals surface area contributed by atoms with Crippen LogP contribution < -0.4 is 0 Å². The first-order chi connectivity index (χ1) is 8.45. The first kappa shape index (κ1) is 12.7. The van der Waals surface area contributed by atoms with E-state index in [2.05, 4.69) is 29.7 Å². The van der Waals surface area contributed by atoms with Gasteiger partial charge in [0.25, 0.3) is 0 Å². The third-order valence-corrected chi connectivity index (χ3v) is 3.34. The summed E-state index contributed by atoms with van der Waals surface area (Å²) in [5.74, 6) is -0.183. The van der Waals surface area contributed by atoms with Crippen LogP contribution in [0.5, 0.6) is 0 Å². The van der Waals surface area contributed by atoms with Gasteiger partial charge in [-0.05, 0) is 38.5 Å². The van der Waals surface area contributed by atoms with E-state index in [0.717, 1.165) is 5.52 Å². The van der Waals surface area contributed by atoms with Crippen LogP contribution in [0, 0.1) is 12.3 Å². The summed E-state index contributed by atoms with van der Waals surface area (Å²) in [4.78, 5) is 11.7. The van der Waals surface area contributed by atoms with E-state index in [4.69, 9.17) is 4.74 Å². The van der Waals surface area contributed by atoms with Crippen LogP contribution in [0.2, 0.25) is 0 Å². The summed E-state index contributed by atoms with van der Waals surface area (Å²) in [6.07, 6.45) is 2.03. The molecule has 0 unspecified atom stereocenters. The Hall–Kier alpha value is -1.77. The second-order valence-corrected chi connectivity index (χ2v) is 5.33. The normalized spacial score (nSPS) is 11.8. The molecular weight excluding hydrogens is 226 g/mol. The number of carbonyl (C=O) groups excluding carboxylic acids is 1. The van der Waals surface area contributed by atoms with E-state index >= 15 is 0 Å². The van der Waals surface area contributed by atoms with Gasteiger partial charge >= 0.3 is 5.97 Å². The Balaban J connectivity index is 2.39. The maximum absolute atomic E-state index is 11.7. The average molecular weight is 245 g/mol. The summed E-state index contributed by atoms with van der Waals surface area (Å²) in [5.41, 5.74) is 1.89. The monoisotopic (exact) mass is 245 g/mol. The van der Waals surface area contributed by atoms with Crippen molar-refractivity contribution < 1.29 is 9.53 Å². The lowest BCUT2D eigenvalue weighted by Gasteiger charge is -2.22. The maximum atomic E-state index is 11.7. The summed E-state index contributed by atoms with van der Waals surface area (Å²) in [5, 5.41) is 1.23. The van der Waals surface area contributed by atoms with Crippen LogP contribution >= 0.6 is 0 Å². The molecule has 0 spiro atoms. The molecule has 0 atom stereocenters. The number of esters is 1. The molecule has 1 heterocycles. The van der Waals surface area contributed by atoms with Crippen molar-refractivity contribution in [2.24, 2.45) is 5.41 Å². The van der Waals surface area contributed by atoms with Crippen molar-refractivity contribution in [2.75, 3.05) is 7.11 Å². The first-order valence-electron chi connectivity index (χ1n) is 6.08. The molecule has 0 bridgehead atoms. The fraction of sp³-hybridized carbons (Fsp3) is 0.400. The number of hydrogen-bond donors (Lipinski definition) is 0. The third kappa shape index (κ3) is 2.13. The van der Waals surface area contributed by atoms with Crippen LogP contribution in [0.4, 0.5) is 0 Å². The summed E-state index contributed by atoms with van der Waals surface area (Å²) in [7, 11) is 1.43. The zero-order valence-electron chi connectivity index (χ0n) is 11.4. The fourth-order valence-electron chi connectivity index (χ4n) is 2.28. The molecule has 0 aliphatic carbocycles. The molecular formula is C15H19NO2. The molecule has 96 valence electrons. The number of aryl methyl sites for hydroxylation is 1. The second kappa shape index (κ2) is 4.48. The van der Waals surface area contributed by atoms with Gasteiger partial charge in [0, 0.05) is 23.6 Å². The second-order valence-electron chi connectivity index (χ2n) is 5.33. The minimum Gasteiger partial charge on any atom is -0.469 e. The third-order valence-electron chi connectivity index (χ3n) is 3.34. The van der Waals surface area contributed by atoms with Gasteiger partial charge in [-0.25, -0.2) is 0 Å². The van der Waals surface area contributed by atoms with Crippen molar-refractivity contribution in [1.29, 1.82) is 0 Å². The van der Waals surface area contributed by atoms with E-state index in [-0.39, 0.29) is 5.97 Å². The van der Waals surface area contributed by atoms with Crippen molar-refractivity contribution in [2.45, 2.75) is 27.3 Å². The Morgan fingerprint density at radius 2 is 2.06 bits per heavy atom. The summed E-state index contributed by atoms with van der Waals surface area (Å²) < 4.78 is 6.96. The van der Waals surface area contributed by atoms with Gasteiger partial charge in [0.05, 0.1) is 12.5 Å². The standard InChI is InChI=1S/C15H19NO2/c1-11-6-5-7-13-12(11)8-9-16(13)10-15(2,3)14(17)18-4/h5-9H,10H2,1-4H3. The quantitative estimate of drug-likeness (QED) is 0.778. The van der Waals surface area contributed by atoms with Crippen molar-refractivity contribution in [1.82, 2.24) is 4.57 Å². The minimum atomic E-state index is -0.523. The number of aromatic nitrogens is 1. The molecule has 0 aliphatic rings. The molecule has 1 aromatic carbocycles. The summed E-state index contributed by atoms with van der Waals surface area (Å²) in [6.45, 7) is 6.52. The molecule has 2 rings (SSSR count). The predicted octanol–water partition coefficient (Wildman–Crippen LogP) is 3.15. The van der Waals surface area contributed by atoms with Crippen molar-refractivity contribution in [3.63, 3.8) is 0 Å². The van der Waals surface area contributed by atoms with Crippen LogP contribution in [0.3, 0.4) is 0 Å². The van der Waals surface area contributed by atoms with Gasteiger partial charge in [-0.2, -0.15) is 0 Å². The van der Waals surface area contributed by atoms with Crippen molar-refractivity contribution in [3.8, 4) is 0 Å². The molecule has 0 saturated carbocycles. The van der Waals surface area contributed by atoms with Crippen LogP contribution in [0.25, 0.3) is 10.9 Å². The smallest absolute Gasteiger partial charge is 0.313 e. The number of methoxy groups -OCH3 is 1. The lowest BCUT2D eigenvalue weighted by Crippen LogP contribution is -2.30. The SMILES string of the molecule is COC(=O)C(C)(C)Cn1ccc2c(C)cccc21. The lowest BCUT2D eigenvalue weighted by atomic mass is 9.93. The highest BCUT2D eigenvalue weighted by atomic mass is 16.5. The largest absolute Gasteiger partial charge is 0.469 e. The highest BCUT2D eigenvalue weighted by Crippen LogP contribution is 2.25. The van der Waals surface area contributed by atoms with Gasteiger partial charge in [0.15, 0.2) is 0 Å². The van der Waals surface area contributed by atoms with Crippen LogP contribution in [-0.4, -0.2) is 17.6 Å². The number of carbonyl (C=O) groups is 1. The highest BCUT2D eigenvalue weighted by Gasteiger charge is 2.29. The Morgan fingerprint density at radius 1 is 1.33 bits per heavy atom. The molecule has 3 nitrogen and oxygen atoms in total. The van der Waals surface area contributed by atoms with Gasteiger partial charge < -0.3 is 9.30 Å². The minimum absolute atomic E-state index is 0.183. The number of nitrogens with zero attached hydrogens (tertiary/aromatic N) is 1. The zero-order valence-corrected chi connectivity index (χ0v) is 11.4. The number of hydrogen-bond acceptors (Lipinski definition) is 2. The Kier molecular flexibility index (Phi) is 3.16. The number of benzene rings is 1. The summed E-state index contributed by atoms with van der Waals surface area (Å²) in [6, 6.07) is 8.31. The van der Waals surface area contributed by atoms with E-state index in [1.54, 1.807) is 0 Å².